The van der Waals surface area contributed by atoms with Crippen LogP contribution in [0.5, 0.6) is 0 Å². The standard InChI is InChI=1S/C22H24F2N2O/c1-14(2)25-22(27)15(3)26-13-17(19-12-18(23)9-10-20(19)24)11-21(26)16-7-5-4-6-8-16/h4-12,14-15,21H,13H2,1-3H3,(H,25,27)/t15?,21-/m0/s1. The first-order valence-electron chi connectivity index (χ1n) is 9.14. The largest absolute Gasteiger partial charge is 0.353 e. The van der Waals surface area contributed by atoms with E-state index in [2.05, 4.69) is 5.32 Å². The average molecular weight is 370 g/mol. The van der Waals surface area contributed by atoms with Crippen LogP contribution in [0.25, 0.3) is 5.57 Å². The third-order valence-electron chi connectivity index (χ3n) is 4.79. The molecule has 3 rings (SSSR count). The zero-order chi connectivity index (χ0) is 19.6. The van der Waals surface area contributed by atoms with Crippen LogP contribution in [-0.4, -0.2) is 29.4 Å². The molecule has 1 aliphatic rings. The van der Waals surface area contributed by atoms with Crippen molar-refractivity contribution in [3.8, 4) is 0 Å². The summed E-state index contributed by atoms with van der Waals surface area (Å²) < 4.78 is 28.0. The zero-order valence-electron chi connectivity index (χ0n) is 15.7. The monoisotopic (exact) mass is 370 g/mol. The van der Waals surface area contributed by atoms with Crippen LogP contribution in [0, 0.1) is 11.6 Å². The Morgan fingerprint density at radius 1 is 1.11 bits per heavy atom. The normalized spacial score (nSPS) is 18.4. The van der Waals surface area contributed by atoms with Crippen LogP contribution >= 0.6 is 0 Å². The van der Waals surface area contributed by atoms with Gasteiger partial charge in [-0.05, 0) is 50.1 Å². The molecule has 0 saturated heterocycles. The molecular weight excluding hydrogens is 346 g/mol. The van der Waals surface area contributed by atoms with Gasteiger partial charge in [0.15, 0.2) is 0 Å². The van der Waals surface area contributed by atoms with Crippen molar-refractivity contribution in [2.75, 3.05) is 6.54 Å². The molecule has 5 heteroatoms. The fourth-order valence-electron chi connectivity index (χ4n) is 3.42. The second-order valence-corrected chi connectivity index (χ2v) is 7.18. The summed E-state index contributed by atoms with van der Waals surface area (Å²) in [6.45, 7) is 6.03. The molecule has 0 radical (unpaired) electrons. The quantitative estimate of drug-likeness (QED) is 0.850. The van der Waals surface area contributed by atoms with Crippen LogP contribution in [0.15, 0.2) is 54.6 Å². The molecule has 142 valence electrons. The summed E-state index contributed by atoms with van der Waals surface area (Å²) in [7, 11) is 0. The molecule has 1 heterocycles. The van der Waals surface area contributed by atoms with Crippen LogP contribution < -0.4 is 5.32 Å². The van der Waals surface area contributed by atoms with Gasteiger partial charge in [0.25, 0.3) is 0 Å². The Kier molecular flexibility index (Phi) is 5.71. The predicted molar refractivity (Wildman–Crippen MR) is 103 cm³/mol. The molecule has 3 nitrogen and oxygen atoms in total. The highest BCUT2D eigenvalue weighted by Gasteiger charge is 2.34. The molecule has 1 unspecified atom stereocenters. The topological polar surface area (TPSA) is 32.3 Å². The molecule has 1 N–H and O–H groups in total. The maximum atomic E-state index is 14.3. The molecule has 27 heavy (non-hydrogen) atoms. The molecule has 0 saturated carbocycles. The van der Waals surface area contributed by atoms with Gasteiger partial charge in [-0.25, -0.2) is 8.78 Å². The Bertz CT molecular complexity index is 849. The Labute approximate surface area is 158 Å². The van der Waals surface area contributed by atoms with Crippen LogP contribution in [-0.2, 0) is 4.79 Å². The fraction of sp³-hybridized carbons (Fsp3) is 0.318. The number of carbonyl (C=O) groups is 1. The predicted octanol–water partition coefficient (Wildman–Crippen LogP) is 4.32. The smallest absolute Gasteiger partial charge is 0.237 e. The Morgan fingerprint density at radius 2 is 1.81 bits per heavy atom. The first kappa shape index (κ1) is 19.2. The number of halogens is 2. The van der Waals surface area contributed by atoms with Crippen LogP contribution in [0.2, 0.25) is 0 Å². The Balaban J connectivity index is 1.96. The molecule has 0 fully saturated rings. The average Bonchev–Trinajstić information content (AvgIpc) is 3.08. The first-order valence-corrected chi connectivity index (χ1v) is 9.14. The van der Waals surface area contributed by atoms with Crippen molar-refractivity contribution in [3.63, 3.8) is 0 Å². The van der Waals surface area contributed by atoms with Gasteiger partial charge in [-0.2, -0.15) is 0 Å². The summed E-state index contributed by atoms with van der Waals surface area (Å²) >= 11 is 0. The molecule has 1 aliphatic heterocycles. The summed E-state index contributed by atoms with van der Waals surface area (Å²) in [5, 5.41) is 2.93. The number of rotatable bonds is 5. The summed E-state index contributed by atoms with van der Waals surface area (Å²) in [5.41, 5.74) is 1.94. The second-order valence-electron chi connectivity index (χ2n) is 7.18. The van der Waals surface area contributed by atoms with Crippen molar-refractivity contribution in [3.05, 3.63) is 77.4 Å². The maximum Gasteiger partial charge on any atom is 0.237 e. The van der Waals surface area contributed by atoms with Gasteiger partial charge in [-0.3, -0.25) is 9.69 Å². The number of carbonyl (C=O) groups excluding carboxylic acids is 1. The van der Waals surface area contributed by atoms with Gasteiger partial charge >= 0.3 is 0 Å². The van der Waals surface area contributed by atoms with E-state index >= 15 is 0 Å². The number of hydrogen-bond donors (Lipinski definition) is 1. The number of nitrogens with one attached hydrogen (secondary N) is 1. The Morgan fingerprint density at radius 3 is 2.48 bits per heavy atom. The van der Waals surface area contributed by atoms with Gasteiger partial charge in [-0.15, -0.1) is 0 Å². The zero-order valence-corrected chi connectivity index (χ0v) is 15.7. The molecule has 0 aliphatic carbocycles. The molecule has 0 spiro atoms. The molecule has 2 atom stereocenters. The van der Waals surface area contributed by atoms with Gasteiger partial charge < -0.3 is 5.32 Å². The molecule has 1 amide bonds. The lowest BCUT2D eigenvalue weighted by molar-refractivity contribution is -0.126. The molecule has 2 aromatic carbocycles. The first-order chi connectivity index (χ1) is 12.9. The minimum absolute atomic E-state index is 0.0332. The maximum absolute atomic E-state index is 14.3. The highest BCUT2D eigenvalue weighted by atomic mass is 19.1. The van der Waals surface area contributed by atoms with Crippen molar-refractivity contribution < 1.29 is 13.6 Å². The lowest BCUT2D eigenvalue weighted by atomic mass is 10.0. The van der Waals surface area contributed by atoms with Gasteiger partial charge in [0.1, 0.15) is 11.6 Å². The second kappa shape index (κ2) is 8.01. The van der Waals surface area contributed by atoms with Crippen LogP contribution in [0.1, 0.15) is 37.9 Å². The third kappa shape index (κ3) is 4.25. The van der Waals surface area contributed by atoms with E-state index in [1.54, 1.807) is 0 Å². The highest BCUT2D eigenvalue weighted by molar-refractivity contribution is 5.82. The number of benzene rings is 2. The number of nitrogens with zero attached hydrogens (tertiary/aromatic N) is 1. The molecular formula is C22H24F2N2O. The van der Waals surface area contributed by atoms with E-state index in [0.29, 0.717) is 12.1 Å². The van der Waals surface area contributed by atoms with E-state index in [-0.39, 0.29) is 23.6 Å². The van der Waals surface area contributed by atoms with Crippen LogP contribution in [0.4, 0.5) is 8.78 Å². The van der Waals surface area contributed by atoms with E-state index in [9.17, 15) is 13.6 Å². The molecule has 2 aromatic rings. The summed E-state index contributed by atoms with van der Waals surface area (Å²) in [6.07, 6.45) is 1.92. The summed E-state index contributed by atoms with van der Waals surface area (Å²) in [6, 6.07) is 12.6. The molecule has 0 bridgehead atoms. The van der Waals surface area contributed by atoms with Crippen molar-refractivity contribution in [1.82, 2.24) is 10.2 Å². The SMILES string of the molecule is CC(C)NC(=O)C(C)N1CC(c2cc(F)ccc2F)=C[C@H]1c1ccccc1. The summed E-state index contributed by atoms with van der Waals surface area (Å²) in [5.74, 6) is -1.02. The van der Waals surface area contributed by atoms with Crippen LogP contribution in [0.3, 0.4) is 0 Å². The lowest BCUT2D eigenvalue weighted by Crippen LogP contribution is -2.47. The van der Waals surface area contributed by atoms with E-state index in [4.69, 9.17) is 0 Å². The molecule has 0 aromatic heterocycles. The minimum atomic E-state index is -0.479. The highest BCUT2D eigenvalue weighted by Crippen LogP contribution is 2.37. The van der Waals surface area contributed by atoms with Crippen molar-refractivity contribution in [2.45, 2.75) is 38.9 Å². The summed E-state index contributed by atoms with van der Waals surface area (Å²) in [4.78, 5) is 14.6. The number of hydrogen-bond acceptors (Lipinski definition) is 2. The van der Waals surface area contributed by atoms with Gasteiger partial charge in [-0.1, -0.05) is 36.4 Å². The van der Waals surface area contributed by atoms with E-state index in [0.717, 1.165) is 17.7 Å². The van der Waals surface area contributed by atoms with Gasteiger partial charge in [0.05, 0.1) is 12.1 Å². The minimum Gasteiger partial charge on any atom is -0.353 e. The number of amides is 1. The van der Waals surface area contributed by atoms with Crippen molar-refractivity contribution in [2.24, 2.45) is 0 Å². The van der Waals surface area contributed by atoms with Crippen molar-refractivity contribution in [1.29, 1.82) is 0 Å². The van der Waals surface area contributed by atoms with E-state index < -0.39 is 17.7 Å². The Hall–Kier alpha value is -2.53. The van der Waals surface area contributed by atoms with E-state index in [1.807, 2.05) is 62.1 Å². The van der Waals surface area contributed by atoms with Gasteiger partial charge in [0, 0.05) is 18.2 Å². The van der Waals surface area contributed by atoms with Gasteiger partial charge in [0.2, 0.25) is 5.91 Å². The van der Waals surface area contributed by atoms with E-state index in [1.165, 1.54) is 6.07 Å². The van der Waals surface area contributed by atoms with Crippen molar-refractivity contribution >= 4 is 11.5 Å². The third-order valence-corrected chi connectivity index (χ3v) is 4.79. The lowest BCUT2D eigenvalue weighted by Gasteiger charge is -2.30. The fourth-order valence-corrected chi connectivity index (χ4v) is 3.42.